The quantitative estimate of drug-likeness (QED) is 0.837. The highest BCUT2D eigenvalue weighted by molar-refractivity contribution is 5.26. The molecule has 18 heavy (non-hydrogen) atoms. The van der Waals surface area contributed by atoms with Crippen molar-refractivity contribution >= 4 is 0 Å². The third kappa shape index (κ3) is 3.05. The van der Waals surface area contributed by atoms with E-state index < -0.39 is 17.8 Å². The third-order valence-corrected chi connectivity index (χ3v) is 3.68. The monoisotopic (exact) mass is 258 g/mol. The van der Waals surface area contributed by atoms with Gasteiger partial charge in [-0.25, -0.2) is 0 Å². The van der Waals surface area contributed by atoms with Crippen LogP contribution in [0, 0.1) is 5.92 Å². The van der Waals surface area contributed by atoms with Crippen LogP contribution >= 0.6 is 0 Å². The van der Waals surface area contributed by atoms with E-state index in [-0.39, 0.29) is 5.92 Å². The van der Waals surface area contributed by atoms with Crippen LogP contribution in [0.2, 0.25) is 0 Å². The lowest BCUT2D eigenvalue weighted by molar-refractivity contribution is -0.137. The second-order valence-electron chi connectivity index (χ2n) is 4.96. The van der Waals surface area contributed by atoms with Crippen LogP contribution in [-0.2, 0) is 6.18 Å². The molecule has 1 saturated carbocycles. The Bertz CT molecular complexity index is 377. The van der Waals surface area contributed by atoms with Gasteiger partial charge < -0.3 is 5.11 Å². The SMILES string of the molecule is O[C@H](c1ccc(C(F)(F)F)cc1)C1CCCCC1. The summed E-state index contributed by atoms with van der Waals surface area (Å²) >= 11 is 0. The molecular weight excluding hydrogens is 241 g/mol. The van der Waals surface area contributed by atoms with Crippen molar-refractivity contribution in [3.05, 3.63) is 35.4 Å². The van der Waals surface area contributed by atoms with E-state index in [4.69, 9.17) is 0 Å². The van der Waals surface area contributed by atoms with Gasteiger partial charge in [-0.1, -0.05) is 31.4 Å². The van der Waals surface area contributed by atoms with Crippen LogP contribution in [0.5, 0.6) is 0 Å². The zero-order valence-electron chi connectivity index (χ0n) is 10.1. The van der Waals surface area contributed by atoms with Crippen molar-refractivity contribution in [1.29, 1.82) is 0 Å². The predicted octanol–water partition coefficient (Wildman–Crippen LogP) is 4.32. The minimum Gasteiger partial charge on any atom is -0.388 e. The van der Waals surface area contributed by atoms with Gasteiger partial charge in [-0.05, 0) is 36.5 Å². The van der Waals surface area contributed by atoms with E-state index in [0.717, 1.165) is 37.8 Å². The molecule has 0 aromatic heterocycles. The average molecular weight is 258 g/mol. The molecule has 1 atom stereocenters. The van der Waals surface area contributed by atoms with Crippen LogP contribution < -0.4 is 0 Å². The molecule has 1 aromatic carbocycles. The fourth-order valence-corrected chi connectivity index (χ4v) is 2.59. The van der Waals surface area contributed by atoms with Crippen LogP contribution in [0.3, 0.4) is 0 Å². The molecule has 1 aromatic rings. The van der Waals surface area contributed by atoms with Gasteiger partial charge in [0, 0.05) is 0 Å². The fraction of sp³-hybridized carbons (Fsp3) is 0.571. The van der Waals surface area contributed by atoms with Gasteiger partial charge in [0.1, 0.15) is 0 Å². The van der Waals surface area contributed by atoms with Gasteiger partial charge in [-0.15, -0.1) is 0 Å². The maximum absolute atomic E-state index is 12.4. The second kappa shape index (κ2) is 5.31. The molecule has 1 nitrogen and oxygen atoms in total. The number of alkyl halides is 3. The van der Waals surface area contributed by atoms with Gasteiger partial charge in [0.05, 0.1) is 11.7 Å². The Hall–Kier alpha value is -1.03. The number of benzene rings is 1. The molecule has 1 fully saturated rings. The molecule has 0 saturated heterocycles. The van der Waals surface area contributed by atoms with Crippen molar-refractivity contribution in [3.63, 3.8) is 0 Å². The summed E-state index contributed by atoms with van der Waals surface area (Å²) in [5.41, 5.74) is -0.0722. The lowest BCUT2D eigenvalue weighted by Gasteiger charge is -2.27. The maximum atomic E-state index is 12.4. The maximum Gasteiger partial charge on any atom is 0.416 e. The lowest BCUT2D eigenvalue weighted by atomic mass is 9.82. The first-order valence-corrected chi connectivity index (χ1v) is 6.34. The van der Waals surface area contributed by atoms with Gasteiger partial charge in [0.15, 0.2) is 0 Å². The Morgan fingerprint density at radius 2 is 1.56 bits per heavy atom. The van der Waals surface area contributed by atoms with Gasteiger partial charge in [0.25, 0.3) is 0 Å². The van der Waals surface area contributed by atoms with Crippen molar-refractivity contribution in [2.45, 2.75) is 44.4 Å². The highest BCUT2D eigenvalue weighted by atomic mass is 19.4. The van der Waals surface area contributed by atoms with Crippen LogP contribution in [-0.4, -0.2) is 5.11 Å². The van der Waals surface area contributed by atoms with Crippen LogP contribution in [0.1, 0.15) is 49.3 Å². The molecule has 0 bridgehead atoms. The first-order valence-electron chi connectivity index (χ1n) is 6.34. The Morgan fingerprint density at radius 3 is 2.06 bits per heavy atom. The molecule has 1 N–H and O–H groups in total. The first kappa shape index (κ1) is 13.4. The van der Waals surface area contributed by atoms with Gasteiger partial charge in [-0.3, -0.25) is 0 Å². The fourth-order valence-electron chi connectivity index (χ4n) is 2.59. The average Bonchev–Trinajstić information content (AvgIpc) is 2.38. The molecule has 0 unspecified atom stereocenters. The predicted molar refractivity (Wildman–Crippen MR) is 63.0 cm³/mol. The number of aliphatic hydroxyl groups excluding tert-OH is 1. The summed E-state index contributed by atoms with van der Waals surface area (Å²) in [6, 6.07) is 4.87. The molecule has 0 spiro atoms. The second-order valence-corrected chi connectivity index (χ2v) is 4.96. The molecule has 100 valence electrons. The Balaban J connectivity index is 2.09. The largest absolute Gasteiger partial charge is 0.416 e. The van der Waals surface area contributed by atoms with Crippen molar-refractivity contribution in [2.75, 3.05) is 0 Å². The summed E-state index contributed by atoms with van der Waals surface area (Å²) in [5, 5.41) is 10.2. The summed E-state index contributed by atoms with van der Waals surface area (Å²) in [5.74, 6) is 0.190. The van der Waals surface area contributed by atoms with Crippen LogP contribution in [0.15, 0.2) is 24.3 Å². The Labute approximate surface area is 105 Å². The highest BCUT2D eigenvalue weighted by Crippen LogP contribution is 2.35. The highest BCUT2D eigenvalue weighted by Gasteiger charge is 2.30. The van der Waals surface area contributed by atoms with Crippen molar-refractivity contribution in [3.8, 4) is 0 Å². The first-order chi connectivity index (χ1) is 8.48. The van der Waals surface area contributed by atoms with Crippen molar-refractivity contribution < 1.29 is 18.3 Å². The Morgan fingerprint density at radius 1 is 1.00 bits per heavy atom. The summed E-state index contributed by atoms with van der Waals surface area (Å²) in [6.07, 6.45) is 0.368. The molecule has 4 heteroatoms. The molecule has 2 rings (SSSR count). The molecule has 1 aliphatic carbocycles. The number of hydrogen-bond donors (Lipinski definition) is 1. The van der Waals surface area contributed by atoms with E-state index in [1.54, 1.807) is 0 Å². The van der Waals surface area contributed by atoms with E-state index in [1.165, 1.54) is 18.6 Å². The molecule has 0 aliphatic heterocycles. The van der Waals surface area contributed by atoms with E-state index in [2.05, 4.69) is 0 Å². The summed E-state index contributed by atoms with van der Waals surface area (Å²) in [6.45, 7) is 0. The number of halogens is 3. The van der Waals surface area contributed by atoms with E-state index in [0.29, 0.717) is 5.56 Å². The summed E-state index contributed by atoms with van der Waals surface area (Å²) < 4.78 is 37.2. The zero-order chi connectivity index (χ0) is 13.2. The van der Waals surface area contributed by atoms with Crippen LogP contribution in [0.25, 0.3) is 0 Å². The summed E-state index contributed by atoms with van der Waals surface area (Å²) in [7, 11) is 0. The minimum absolute atomic E-state index is 0.190. The standard InChI is InChI=1S/C14H17F3O/c15-14(16,17)12-8-6-11(7-9-12)13(18)10-4-2-1-3-5-10/h6-10,13,18H,1-5H2/t13-/m0/s1. The number of rotatable bonds is 2. The number of hydrogen-bond acceptors (Lipinski definition) is 1. The van der Waals surface area contributed by atoms with E-state index in [9.17, 15) is 18.3 Å². The third-order valence-electron chi connectivity index (χ3n) is 3.68. The topological polar surface area (TPSA) is 20.2 Å². The van der Waals surface area contributed by atoms with Gasteiger partial charge in [-0.2, -0.15) is 13.2 Å². The molecule has 0 amide bonds. The molecular formula is C14H17F3O. The molecule has 1 aliphatic rings. The minimum atomic E-state index is -4.31. The Kier molecular flexibility index (Phi) is 3.95. The van der Waals surface area contributed by atoms with Gasteiger partial charge in [0.2, 0.25) is 0 Å². The molecule has 0 heterocycles. The smallest absolute Gasteiger partial charge is 0.388 e. The van der Waals surface area contributed by atoms with Crippen molar-refractivity contribution in [1.82, 2.24) is 0 Å². The zero-order valence-corrected chi connectivity index (χ0v) is 10.1. The van der Waals surface area contributed by atoms with Crippen molar-refractivity contribution in [2.24, 2.45) is 5.92 Å². The van der Waals surface area contributed by atoms with Gasteiger partial charge >= 0.3 is 6.18 Å². The van der Waals surface area contributed by atoms with E-state index in [1.807, 2.05) is 0 Å². The number of aliphatic hydroxyl groups is 1. The lowest BCUT2D eigenvalue weighted by Crippen LogP contribution is -2.16. The molecule has 0 radical (unpaired) electrons. The van der Waals surface area contributed by atoms with E-state index >= 15 is 0 Å². The van der Waals surface area contributed by atoms with Crippen LogP contribution in [0.4, 0.5) is 13.2 Å². The normalized spacial score (nSPS) is 19.8. The summed E-state index contributed by atoms with van der Waals surface area (Å²) in [4.78, 5) is 0.